The predicted molar refractivity (Wildman–Crippen MR) is 75.2 cm³/mol. The normalized spacial score (nSPS) is 11.1. The Hall–Kier alpha value is -1.62. The van der Waals surface area contributed by atoms with Crippen molar-refractivity contribution in [2.75, 3.05) is 0 Å². The Kier molecular flexibility index (Phi) is 3.14. The van der Waals surface area contributed by atoms with Gasteiger partial charge in [-0.3, -0.25) is 4.98 Å². The van der Waals surface area contributed by atoms with Crippen molar-refractivity contribution in [2.45, 2.75) is 6.54 Å². The summed E-state index contributed by atoms with van der Waals surface area (Å²) in [7, 11) is 0. The molecule has 0 saturated heterocycles. The minimum Gasteiger partial charge on any atom is -0.433 e. The summed E-state index contributed by atoms with van der Waals surface area (Å²) in [5, 5.41) is 0.948. The lowest BCUT2D eigenvalue weighted by molar-refractivity contribution is 0.617. The number of halogens is 2. The number of benzene rings is 1. The molecule has 0 unspecified atom stereocenters. The van der Waals surface area contributed by atoms with E-state index in [9.17, 15) is 0 Å². The molecule has 3 rings (SSSR count). The minimum atomic E-state index is 0.405. The average Bonchev–Trinajstić information content (AvgIpc) is 2.83. The van der Waals surface area contributed by atoms with Gasteiger partial charge in [-0.1, -0.05) is 29.3 Å². The van der Waals surface area contributed by atoms with E-state index in [1.54, 1.807) is 18.3 Å². The largest absolute Gasteiger partial charge is 0.433 e. The molecular weight excluding hydrogens is 285 g/mol. The molecule has 0 aliphatic rings. The van der Waals surface area contributed by atoms with E-state index in [0.717, 1.165) is 5.56 Å². The summed E-state index contributed by atoms with van der Waals surface area (Å²) in [6.45, 7) is 0.447. The number of hydrogen-bond acceptors (Lipinski definition) is 4. The first-order valence-corrected chi connectivity index (χ1v) is 6.34. The maximum atomic E-state index is 6.06. The second-order valence-electron chi connectivity index (χ2n) is 4.01. The van der Waals surface area contributed by atoms with E-state index >= 15 is 0 Å². The van der Waals surface area contributed by atoms with Crippen LogP contribution in [0.4, 0.5) is 0 Å². The fraction of sp³-hybridized carbons (Fsp3) is 0.0769. The minimum absolute atomic E-state index is 0.405. The first-order valence-electron chi connectivity index (χ1n) is 5.58. The van der Waals surface area contributed by atoms with Crippen molar-refractivity contribution in [3.8, 4) is 11.6 Å². The highest BCUT2D eigenvalue weighted by molar-refractivity contribution is 6.38. The molecule has 2 aromatic heterocycles. The zero-order chi connectivity index (χ0) is 13.4. The lowest BCUT2D eigenvalue weighted by Crippen LogP contribution is -1.96. The SMILES string of the molecule is NCc1ccc(-c2nc3cc(Cl)cc(Cl)c3o2)nc1. The number of fused-ring (bicyclic) bond motifs is 1. The van der Waals surface area contributed by atoms with Crippen LogP contribution in [-0.2, 0) is 6.54 Å². The summed E-state index contributed by atoms with van der Waals surface area (Å²) in [4.78, 5) is 8.59. The second-order valence-corrected chi connectivity index (χ2v) is 4.85. The highest BCUT2D eigenvalue weighted by Gasteiger charge is 2.12. The summed E-state index contributed by atoms with van der Waals surface area (Å²) in [6.07, 6.45) is 1.69. The molecular formula is C13H9Cl2N3O. The van der Waals surface area contributed by atoms with Gasteiger partial charge in [0.1, 0.15) is 11.2 Å². The number of nitrogens with two attached hydrogens (primary N) is 1. The number of nitrogens with zero attached hydrogens (tertiary/aromatic N) is 2. The number of pyridine rings is 1. The summed E-state index contributed by atoms with van der Waals surface area (Å²) in [5.41, 5.74) is 8.21. The van der Waals surface area contributed by atoms with Crippen LogP contribution in [0.2, 0.25) is 10.0 Å². The van der Waals surface area contributed by atoms with Crippen LogP contribution in [0.15, 0.2) is 34.9 Å². The van der Waals surface area contributed by atoms with Gasteiger partial charge in [0.25, 0.3) is 0 Å². The Balaban J connectivity index is 2.12. The smallest absolute Gasteiger partial charge is 0.246 e. The van der Waals surface area contributed by atoms with E-state index in [-0.39, 0.29) is 0 Å². The van der Waals surface area contributed by atoms with Gasteiger partial charge in [0.2, 0.25) is 5.89 Å². The zero-order valence-electron chi connectivity index (χ0n) is 9.73. The Morgan fingerprint density at radius 2 is 2.05 bits per heavy atom. The van der Waals surface area contributed by atoms with Gasteiger partial charge in [-0.25, -0.2) is 4.98 Å². The van der Waals surface area contributed by atoms with Crippen molar-refractivity contribution >= 4 is 34.3 Å². The Morgan fingerprint density at radius 1 is 1.21 bits per heavy atom. The van der Waals surface area contributed by atoms with Crippen molar-refractivity contribution in [3.63, 3.8) is 0 Å². The summed E-state index contributed by atoms with van der Waals surface area (Å²) in [5.74, 6) is 0.405. The fourth-order valence-corrected chi connectivity index (χ4v) is 2.26. The maximum absolute atomic E-state index is 6.06. The van der Waals surface area contributed by atoms with Crippen LogP contribution in [0.25, 0.3) is 22.7 Å². The van der Waals surface area contributed by atoms with Gasteiger partial charge in [0, 0.05) is 17.8 Å². The molecule has 0 bridgehead atoms. The standard InChI is InChI=1S/C13H9Cl2N3O/c14-8-3-9(15)12-11(4-8)18-13(19-12)10-2-1-7(5-16)6-17-10/h1-4,6H,5,16H2. The molecule has 1 aromatic carbocycles. The molecule has 6 heteroatoms. The maximum Gasteiger partial charge on any atom is 0.246 e. The number of hydrogen-bond donors (Lipinski definition) is 1. The zero-order valence-corrected chi connectivity index (χ0v) is 11.2. The van der Waals surface area contributed by atoms with Gasteiger partial charge in [-0.2, -0.15) is 0 Å². The lowest BCUT2D eigenvalue weighted by atomic mass is 10.2. The molecule has 0 fully saturated rings. The molecule has 19 heavy (non-hydrogen) atoms. The number of aromatic nitrogens is 2. The topological polar surface area (TPSA) is 64.9 Å². The summed E-state index contributed by atoms with van der Waals surface area (Å²) < 4.78 is 5.62. The van der Waals surface area contributed by atoms with Crippen molar-refractivity contribution in [3.05, 3.63) is 46.1 Å². The molecule has 0 radical (unpaired) electrons. The Labute approximate surface area is 119 Å². The summed E-state index contributed by atoms with van der Waals surface area (Å²) in [6, 6.07) is 7.00. The van der Waals surface area contributed by atoms with E-state index in [1.807, 2.05) is 12.1 Å². The third-order valence-electron chi connectivity index (χ3n) is 2.69. The highest BCUT2D eigenvalue weighted by Crippen LogP contribution is 2.31. The quantitative estimate of drug-likeness (QED) is 0.783. The van der Waals surface area contributed by atoms with Crippen LogP contribution in [-0.4, -0.2) is 9.97 Å². The molecule has 0 atom stereocenters. The third-order valence-corrected chi connectivity index (χ3v) is 3.19. The van der Waals surface area contributed by atoms with E-state index in [4.69, 9.17) is 33.4 Å². The molecule has 0 aliphatic heterocycles. The molecule has 96 valence electrons. The van der Waals surface area contributed by atoms with Crippen molar-refractivity contribution in [1.29, 1.82) is 0 Å². The predicted octanol–water partition coefficient (Wildman–Crippen LogP) is 3.66. The lowest BCUT2D eigenvalue weighted by Gasteiger charge is -1.96. The third kappa shape index (κ3) is 2.30. The van der Waals surface area contributed by atoms with E-state index in [0.29, 0.717) is 39.3 Å². The van der Waals surface area contributed by atoms with Crippen LogP contribution in [0.3, 0.4) is 0 Å². The molecule has 4 nitrogen and oxygen atoms in total. The second kappa shape index (κ2) is 4.81. The van der Waals surface area contributed by atoms with Crippen LogP contribution in [0.1, 0.15) is 5.56 Å². The van der Waals surface area contributed by atoms with Crippen LogP contribution in [0.5, 0.6) is 0 Å². The molecule has 3 aromatic rings. The van der Waals surface area contributed by atoms with Crippen molar-refractivity contribution in [2.24, 2.45) is 5.73 Å². The molecule has 0 saturated carbocycles. The first kappa shape index (κ1) is 12.4. The van der Waals surface area contributed by atoms with Crippen LogP contribution >= 0.6 is 23.2 Å². The van der Waals surface area contributed by atoms with Gasteiger partial charge in [0.05, 0.1) is 5.02 Å². The molecule has 0 aliphatic carbocycles. The molecule has 0 amide bonds. The number of oxazole rings is 1. The average molecular weight is 294 g/mol. The Morgan fingerprint density at radius 3 is 2.74 bits per heavy atom. The van der Waals surface area contributed by atoms with Crippen molar-refractivity contribution in [1.82, 2.24) is 9.97 Å². The monoisotopic (exact) mass is 293 g/mol. The highest BCUT2D eigenvalue weighted by atomic mass is 35.5. The molecule has 2 N–H and O–H groups in total. The van der Waals surface area contributed by atoms with Gasteiger partial charge in [-0.15, -0.1) is 0 Å². The Bertz CT molecular complexity index is 737. The summed E-state index contributed by atoms with van der Waals surface area (Å²) >= 11 is 12.0. The van der Waals surface area contributed by atoms with E-state index < -0.39 is 0 Å². The number of rotatable bonds is 2. The van der Waals surface area contributed by atoms with Crippen LogP contribution < -0.4 is 5.73 Å². The van der Waals surface area contributed by atoms with Crippen LogP contribution in [0, 0.1) is 0 Å². The van der Waals surface area contributed by atoms with E-state index in [1.165, 1.54) is 0 Å². The van der Waals surface area contributed by atoms with Crippen molar-refractivity contribution < 1.29 is 4.42 Å². The van der Waals surface area contributed by atoms with Gasteiger partial charge >= 0.3 is 0 Å². The van der Waals surface area contributed by atoms with E-state index in [2.05, 4.69) is 9.97 Å². The van der Waals surface area contributed by atoms with Gasteiger partial charge in [0.15, 0.2) is 5.58 Å². The first-order chi connectivity index (χ1) is 9.17. The van der Waals surface area contributed by atoms with Gasteiger partial charge < -0.3 is 10.2 Å². The molecule has 2 heterocycles. The fourth-order valence-electron chi connectivity index (χ4n) is 1.74. The molecule has 0 spiro atoms. The van der Waals surface area contributed by atoms with Gasteiger partial charge in [-0.05, 0) is 23.8 Å².